The molecule has 2 aromatic carbocycles. The van der Waals surface area contributed by atoms with Gasteiger partial charge in [0.1, 0.15) is 41.4 Å². The summed E-state index contributed by atoms with van der Waals surface area (Å²) in [5.41, 5.74) is 2.30. The highest BCUT2D eigenvalue weighted by molar-refractivity contribution is 5.88. The molecule has 0 aliphatic rings. The Balaban J connectivity index is 1.96. The van der Waals surface area contributed by atoms with Crippen LogP contribution in [0.3, 0.4) is 0 Å². The van der Waals surface area contributed by atoms with E-state index in [4.69, 9.17) is 18.6 Å². The predicted octanol–water partition coefficient (Wildman–Crippen LogP) is 5.30. The average molecular weight is 565 g/mol. The molecule has 3 rings (SSSR count). The molecule has 3 aromatic rings. The molecule has 9 nitrogen and oxygen atoms in total. The van der Waals surface area contributed by atoms with Crippen LogP contribution in [0.2, 0.25) is 0 Å². The van der Waals surface area contributed by atoms with E-state index in [9.17, 15) is 14.7 Å². The Hall–Kier alpha value is -4.24. The molecule has 2 N–H and O–H groups in total. The van der Waals surface area contributed by atoms with E-state index >= 15 is 0 Å². The molecule has 0 aliphatic carbocycles. The lowest BCUT2D eigenvalue weighted by molar-refractivity contribution is -0.123. The van der Waals surface area contributed by atoms with Crippen LogP contribution < -0.4 is 25.0 Å². The Morgan fingerprint density at radius 1 is 0.951 bits per heavy atom. The van der Waals surface area contributed by atoms with Crippen molar-refractivity contribution in [3.63, 3.8) is 0 Å². The van der Waals surface area contributed by atoms with E-state index in [-0.39, 0.29) is 40.7 Å². The van der Waals surface area contributed by atoms with Crippen molar-refractivity contribution < 1.29 is 28.5 Å². The summed E-state index contributed by atoms with van der Waals surface area (Å²) in [5.74, 6) is 0.254. The number of benzene rings is 2. The number of carbonyl (C=O) groups is 1. The molecule has 0 radical (unpaired) electrons. The third-order valence-electron chi connectivity index (χ3n) is 5.96. The van der Waals surface area contributed by atoms with Gasteiger partial charge in [0.25, 0.3) is 5.91 Å². The molecule has 1 aromatic heterocycles. The van der Waals surface area contributed by atoms with Gasteiger partial charge in [-0.3, -0.25) is 9.59 Å². The van der Waals surface area contributed by atoms with E-state index in [1.807, 2.05) is 58.8 Å². The van der Waals surface area contributed by atoms with Gasteiger partial charge in [-0.15, -0.1) is 0 Å². The molecule has 0 saturated heterocycles. The maximum absolute atomic E-state index is 13.6. The molecular weight excluding hydrogens is 524 g/mol. The van der Waals surface area contributed by atoms with E-state index in [0.717, 1.165) is 24.1 Å². The highest BCUT2D eigenvalue weighted by Gasteiger charge is 2.22. The summed E-state index contributed by atoms with van der Waals surface area (Å²) in [6.07, 6.45) is 4.64. The Labute approximate surface area is 241 Å². The van der Waals surface area contributed by atoms with Crippen molar-refractivity contribution in [2.45, 2.75) is 34.1 Å². The van der Waals surface area contributed by atoms with Crippen LogP contribution in [0.1, 0.15) is 34.1 Å². The average Bonchev–Trinajstić information content (AvgIpc) is 2.90. The van der Waals surface area contributed by atoms with Crippen molar-refractivity contribution >= 4 is 16.9 Å². The lowest BCUT2D eigenvalue weighted by Gasteiger charge is -2.14. The first-order valence-electron chi connectivity index (χ1n) is 13.6. The fourth-order valence-electron chi connectivity index (χ4n) is 3.79. The second-order valence-electron chi connectivity index (χ2n) is 10.4. The summed E-state index contributed by atoms with van der Waals surface area (Å²) in [6, 6.07) is 9.91. The Kier molecular flexibility index (Phi) is 11.4. The number of hydrogen-bond acceptors (Lipinski definition) is 8. The number of allylic oxidation sites excluding steroid dienone is 2. The van der Waals surface area contributed by atoms with E-state index in [0.29, 0.717) is 36.8 Å². The van der Waals surface area contributed by atoms with Crippen LogP contribution >= 0.6 is 0 Å². The molecular formula is C32H40N2O7. The number of carbonyl (C=O) groups excluding carboxylic acids is 1. The monoisotopic (exact) mass is 564 g/mol. The van der Waals surface area contributed by atoms with Crippen LogP contribution in [-0.2, 0) is 4.79 Å². The van der Waals surface area contributed by atoms with Gasteiger partial charge in [0.15, 0.2) is 12.4 Å². The second-order valence-corrected chi connectivity index (χ2v) is 10.4. The first-order valence-corrected chi connectivity index (χ1v) is 13.6. The van der Waals surface area contributed by atoms with Gasteiger partial charge in [0, 0.05) is 24.2 Å². The highest BCUT2D eigenvalue weighted by atomic mass is 16.5. The lowest BCUT2D eigenvalue weighted by atomic mass is 10.1. The molecule has 41 heavy (non-hydrogen) atoms. The highest BCUT2D eigenvalue weighted by Crippen LogP contribution is 2.36. The third-order valence-corrected chi connectivity index (χ3v) is 5.96. The SMILES string of the molecule is CC(C)=CCOc1ccc(-c2oc3cc(OCC=C(C)C)cc(O)c3c(=O)c2OCC(=O)NCCCN(C)C)cc1. The van der Waals surface area contributed by atoms with Crippen molar-refractivity contribution in [1.82, 2.24) is 10.2 Å². The number of nitrogens with zero attached hydrogens (tertiary/aromatic N) is 1. The number of phenols is 1. The molecule has 0 bridgehead atoms. The van der Waals surface area contributed by atoms with Crippen molar-refractivity contribution in [2.75, 3.05) is 47.0 Å². The zero-order valence-electron chi connectivity index (χ0n) is 24.7. The molecule has 0 atom stereocenters. The summed E-state index contributed by atoms with van der Waals surface area (Å²) >= 11 is 0. The molecule has 9 heteroatoms. The number of fused-ring (bicyclic) bond motifs is 1. The number of hydrogen-bond donors (Lipinski definition) is 2. The van der Waals surface area contributed by atoms with Gasteiger partial charge in [-0.2, -0.15) is 0 Å². The molecule has 0 unspecified atom stereocenters. The number of amides is 1. The molecule has 220 valence electrons. The summed E-state index contributed by atoms with van der Waals surface area (Å²) in [6.45, 7) is 9.54. The number of phenolic OH excluding ortho intramolecular Hbond substituents is 1. The van der Waals surface area contributed by atoms with Crippen LogP contribution in [0.25, 0.3) is 22.3 Å². The Morgan fingerprint density at radius 2 is 1.59 bits per heavy atom. The predicted molar refractivity (Wildman–Crippen MR) is 161 cm³/mol. The maximum atomic E-state index is 13.6. The van der Waals surface area contributed by atoms with E-state index < -0.39 is 5.43 Å². The quantitative estimate of drug-likeness (QED) is 0.200. The fourth-order valence-corrected chi connectivity index (χ4v) is 3.79. The van der Waals surface area contributed by atoms with Gasteiger partial charge in [-0.1, -0.05) is 11.1 Å². The smallest absolute Gasteiger partial charge is 0.257 e. The standard InChI is InChI=1S/C32H40N2O7/c1-21(2)12-16-38-24-10-8-23(9-11-24)31-32(40-20-28(36)33-14-7-15-34(5)6)30(37)29-26(35)18-25(19-27(29)41-31)39-17-13-22(3)4/h8-13,18-19,35H,7,14-17,20H2,1-6H3,(H,33,36). The molecule has 0 saturated carbocycles. The molecule has 0 spiro atoms. The van der Waals surface area contributed by atoms with Crippen LogP contribution in [0, 0.1) is 0 Å². The third kappa shape index (κ3) is 9.42. The van der Waals surface area contributed by atoms with Gasteiger partial charge in [-0.25, -0.2) is 0 Å². The minimum Gasteiger partial charge on any atom is -0.507 e. The topological polar surface area (TPSA) is 110 Å². The Morgan fingerprint density at radius 3 is 2.20 bits per heavy atom. The van der Waals surface area contributed by atoms with E-state index in [1.165, 1.54) is 6.07 Å². The first kappa shape index (κ1) is 31.3. The number of aromatic hydroxyl groups is 1. The van der Waals surface area contributed by atoms with E-state index in [1.54, 1.807) is 30.3 Å². The van der Waals surface area contributed by atoms with Crippen molar-refractivity contribution in [3.8, 4) is 34.3 Å². The molecule has 0 aliphatic heterocycles. The Bertz CT molecular complexity index is 1450. The lowest BCUT2D eigenvalue weighted by Crippen LogP contribution is -2.32. The summed E-state index contributed by atoms with van der Waals surface area (Å²) in [7, 11) is 3.92. The van der Waals surface area contributed by atoms with Gasteiger partial charge < -0.3 is 34.0 Å². The van der Waals surface area contributed by atoms with Gasteiger partial charge in [0.2, 0.25) is 11.2 Å². The van der Waals surface area contributed by atoms with Crippen LogP contribution in [-0.4, -0.2) is 62.9 Å². The summed E-state index contributed by atoms with van der Waals surface area (Å²) in [4.78, 5) is 28.1. The number of rotatable bonds is 14. The van der Waals surface area contributed by atoms with E-state index in [2.05, 4.69) is 5.32 Å². The van der Waals surface area contributed by atoms with Crippen molar-refractivity contribution in [3.05, 3.63) is 69.9 Å². The summed E-state index contributed by atoms with van der Waals surface area (Å²) < 4.78 is 23.4. The van der Waals surface area contributed by atoms with Gasteiger partial charge >= 0.3 is 0 Å². The zero-order chi connectivity index (χ0) is 29.9. The normalized spacial score (nSPS) is 10.8. The minimum absolute atomic E-state index is 0.0635. The largest absolute Gasteiger partial charge is 0.507 e. The van der Waals surface area contributed by atoms with Crippen LogP contribution in [0.15, 0.2) is 68.9 Å². The molecule has 1 amide bonds. The van der Waals surface area contributed by atoms with Crippen LogP contribution in [0.4, 0.5) is 0 Å². The number of ether oxygens (including phenoxy) is 3. The fraction of sp³-hybridized carbons (Fsp3) is 0.375. The zero-order valence-corrected chi connectivity index (χ0v) is 24.7. The van der Waals surface area contributed by atoms with Crippen molar-refractivity contribution in [1.29, 1.82) is 0 Å². The maximum Gasteiger partial charge on any atom is 0.257 e. The second kappa shape index (κ2) is 14.9. The summed E-state index contributed by atoms with van der Waals surface area (Å²) in [5, 5.41) is 13.5. The van der Waals surface area contributed by atoms with Gasteiger partial charge in [0.05, 0.1) is 0 Å². The first-order chi connectivity index (χ1) is 19.5. The molecule has 0 fully saturated rings. The minimum atomic E-state index is -0.598. The number of nitrogens with one attached hydrogen (secondary N) is 1. The van der Waals surface area contributed by atoms with Gasteiger partial charge in [-0.05, 0) is 91.2 Å². The molecule has 1 heterocycles. The van der Waals surface area contributed by atoms with Crippen LogP contribution in [0.5, 0.6) is 23.0 Å². The van der Waals surface area contributed by atoms with Crippen molar-refractivity contribution in [2.24, 2.45) is 0 Å².